The number of nitrogens with zero attached hydrogens (tertiary/aromatic N) is 3. The maximum Gasteiger partial charge on any atom is 0.163 e. The Hall–Kier alpha value is -6.65. The highest BCUT2D eigenvalue weighted by atomic mass is 16.3. The molecule has 0 N–H and O–H groups in total. The molecule has 0 amide bonds. The van der Waals surface area contributed by atoms with Crippen LogP contribution in [0.2, 0.25) is 0 Å². The Morgan fingerprint density at radius 3 is 1.60 bits per heavy atom. The average molecular weight is 640 g/mol. The van der Waals surface area contributed by atoms with E-state index in [4.69, 9.17) is 19.4 Å². The summed E-state index contributed by atoms with van der Waals surface area (Å²) in [6.07, 6.45) is 0. The molecule has 1 aliphatic rings. The minimum absolute atomic E-state index is 0.629. The van der Waals surface area contributed by atoms with Crippen LogP contribution >= 0.6 is 0 Å². The van der Waals surface area contributed by atoms with Gasteiger partial charge in [0, 0.05) is 21.9 Å². The highest BCUT2D eigenvalue weighted by molar-refractivity contribution is 6.12. The van der Waals surface area contributed by atoms with E-state index in [-0.39, 0.29) is 0 Å². The van der Waals surface area contributed by atoms with Crippen molar-refractivity contribution in [1.82, 2.24) is 15.0 Å². The number of aromatic nitrogens is 3. The van der Waals surface area contributed by atoms with E-state index in [1.54, 1.807) is 0 Å². The van der Waals surface area contributed by atoms with Gasteiger partial charge in [0.25, 0.3) is 0 Å². The van der Waals surface area contributed by atoms with Crippen molar-refractivity contribution in [2.24, 2.45) is 0 Å². The summed E-state index contributed by atoms with van der Waals surface area (Å²) in [6, 6.07) is 61.2. The van der Waals surface area contributed by atoms with Crippen LogP contribution in [0.15, 0.2) is 180 Å². The molecule has 234 valence electrons. The van der Waals surface area contributed by atoms with Crippen LogP contribution < -0.4 is 0 Å². The van der Waals surface area contributed by atoms with Crippen LogP contribution in [0.1, 0.15) is 22.5 Å². The first-order valence-corrected chi connectivity index (χ1v) is 16.9. The molecule has 2 aromatic heterocycles. The van der Waals surface area contributed by atoms with Gasteiger partial charge in [0.2, 0.25) is 0 Å². The predicted octanol–water partition coefficient (Wildman–Crippen LogP) is 11.1. The van der Waals surface area contributed by atoms with Gasteiger partial charge in [0.1, 0.15) is 16.6 Å². The lowest BCUT2D eigenvalue weighted by atomic mass is 9.71. The zero-order valence-electron chi connectivity index (χ0n) is 27.0. The molecule has 0 bridgehead atoms. The molecule has 2 heterocycles. The highest BCUT2D eigenvalue weighted by Gasteiger charge is 2.48. The molecule has 7 aromatic carbocycles. The molecular weight excluding hydrogens is 611 g/mol. The van der Waals surface area contributed by atoms with Gasteiger partial charge in [0.05, 0.1) is 0 Å². The van der Waals surface area contributed by atoms with Crippen LogP contribution in [-0.2, 0) is 5.41 Å². The lowest BCUT2D eigenvalue weighted by molar-refractivity contribution is 0.669. The van der Waals surface area contributed by atoms with Crippen LogP contribution in [0, 0.1) is 0 Å². The van der Waals surface area contributed by atoms with E-state index in [1.807, 2.05) is 36.4 Å². The third-order valence-electron chi connectivity index (χ3n) is 10.0. The fourth-order valence-electron chi connectivity index (χ4n) is 7.81. The Kier molecular flexibility index (Phi) is 6.36. The van der Waals surface area contributed by atoms with Crippen molar-refractivity contribution in [2.45, 2.75) is 5.41 Å². The molecule has 0 unspecified atom stereocenters. The number of furan rings is 1. The molecule has 50 heavy (non-hydrogen) atoms. The van der Waals surface area contributed by atoms with E-state index in [1.165, 1.54) is 22.3 Å². The van der Waals surface area contributed by atoms with Gasteiger partial charge in [-0.2, -0.15) is 0 Å². The van der Waals surface area contributed by atoms with Crippen LogP contribution in [0.3, 0.4) is 0 Å². The summed E-state index contributed by atoms with van der Waals surface area (Å²) in [5.74, 6) is 1.97. The molecule has 1 aliphatic carbocycles. The van der Waals surface area contributed by atoms with E-state index < -0.39 is 5.41 Å². The summed E-state index contributed by atoms with van der Waals surface area (Å²) in [5.41, 5.74) is 10.9. The van der Waals surface area contributed by atoms with Crippen molar-refractivity contribution in [3.8, 4) is 45.0 Å². The maximum atomic E-state index is 6.19. The Bertz CT molecular complexity index is 2650. The summed E-state index contributed by atoms with van der Waals surface area (Å²) in [4.78, 5) is 15.9. The van der Waals surface area contributed by atoms with Crippen molar-refractivity contribution in [3.05, 3.63) is 198 Å². The molecule has 4 heteroatoms. The maximum absolute atomic E-state index is 6.19. The van der Waals surface area contributed by atoms with Crippen molar-refractivity contribution in [1.29, 1.82) is 0 Å². The van der Waals surface area contributed by atoms with Crippen LogP contribution in [0.5, 0.6) is 0 Å². The molecule has 0 saturated heterocycles. The fraction of sp³-hybridized carbons (Fsp3) is 0.0217. The second-order valence-electron chi connectivity index (χ2n) is 12.7. The smallest absolute Gasteiger partial charge is 0.163 e. The lowest BCUT2D eigenvalue weighted by Crippen LogP contribution is -2.31. The molecule has 4 nitrogen and oxygen atoms in total. The lowest BCUT2D eigenvalue weighted by Gasteiger charge is -2.31. The molecule has 0 spiro atoms. The number of fused-ring (bicyclic) bond motifs is 6. The second-order valence-corrected chi connectivity index (χ2v) is 12.7. The largest absolute Gasteiger partial charge is 0.456 e. The topological polar surface area (TPSA) is 51.8 Å². The molecular formula is C46H29N3O. The zero-order valence-corrected chi connectivity index (χ0v) is 27.0. The minimum atomic E-state index is -0.742. The Morgan fingerprint density at radius 1 is 0.380 bits per heavy atom. The molecule has 0 saturated carbocycles. The molecule has 0 aliphatic heterocycles. The average Bonchev–Trinajstić information content (AvgIpc) is 3.73. The predicted molar refractivity (Wildman–Crippen MR) is 201 cm³/mol. The fourth-order valence-corrected chi connectivity index (χ4v) is 7.81. The Balaban J connectivity index is 1.20. The van der Waals surface area contributed by atoms with E-state index in [0.717, 1.165) is 49.8 Å². The third kappa shape index (κ3) is 4.22. The van der Waals surface area contributed by atoms with E-state index >= 15 is 0 Å². The number of rotatable bonds is 5. The zero-order chi connectivity index (χ0) is 33.1. The van der Waals surface area contributed by atoms with Crippen molar-refractivity contribution < 1.29 is 4.42 Å². The second kappa shape index (κ2) is 11.2. The van der Waals surface area contributed by atoms with E-state index in [0.29, 0.717) is 17.5 Å². The number of hydrogen-bond acceptors (Lipinski definition) is 4. The van der Waals surface area contributed by atoms with Crippen LogP contribution in [0.4, 0.5) is 0 Å². The van der Waals surface area contributed by atoms with Gasteiger partial charge in [-0.3, -0.25) is 0 Å². The summed E-state index contributed by atoms with van der Waals surface area (Å²) in [5, 5.41) is 2.23. The van der Waals surface area contributed by atoms with Gasteiger partial charge >= 0.3 is 0 Å². The molecule has 10 rings (SSSR count). The van der Waals surface area contributed by atoms with Crippen molar-refractivity contribution >= 4 is 21.9 Å². The molecule has 0 radical (unpaired) electrons. The Morgan fingerprint density at radius 2 is 0.900 bits per heavy atom. The third-order valence-corrected chi connectivity index (χ3v) is 10.0. The molecule has 0 fully saturated rings. The minimum Gasteiger partial charge on any atom is -0.456 e. The summed E-state index contributed by atoms with van der Waals surface area (Å²) >= 11 is 0. The summed E-state index contributed by atoms with van der Waals surface area (Å²) in [7, 11) is 0. The number of benzene rings is 7. The molecule has 0 atom stereocenters. The van der Waals surface area contributed by atoms with Gasteiger partial charge in [-0.1, -0.05) is 164 Å². The Labute approximate surface area is 289 Å². The number of hydrogen-bond donors (Lipinski definition) is 0. The van der Waals surface area contributed by atoms with Gasteiger partial charge < -0.3 is 4.42 Å². The highest BCUT2D eigenvalue weighted by Crippen LogP contribution is 2.55. The van der Waals surface area contributed by atoms with Gasteiger partial charge in [-0.25, -0.2) is 15.0 Å². The van der Waals surface area contributed by atoms with Crippen molar-refractivity contribution in [3.63, 3.8) is 0 Å². The van der Waals surface area contributed by atoms with Crippen LogP contribution in [0.25, 0.3) is 67.0 Å². The van der Waals surface area contributed by atoms with Gasteiger partial charge in [0.15, 0.2) is 17.5 Å². The summed E-state index contributed by atoms with van der Waals surface area (Å²) in [6.45, 7) is 0. The summed E-state index contributed by atoms with van der Waals surface area (Å²) < 4.78 is 6.19. The van der Waals surface area contributed by atoms with Gasteiger partial charge in [-0.15, -0.1) is 0 Å². The normalized spacial score (nSPS) is 13.0. The quantitative estimate of drug-likeness (QED) is 0.188. The monoisotopic (exact) mass is 639 g/mol. The molecule has 9 aromatic rings. The van der Waals surface area contributed by atoms with E-state index in [9.17, 15) is 0 Å². The van der Waals surface area contributed by atoms with Gasteiger partial charge in [-0.05, 0) is 51.1 Å². The first-order valence-electron chi connectivity index (χ1n) is 16.9. The first-order chi connectivity index (χ1) is 24.8. The standard InChI is InChI=1S/C46H29N3O/c1-3-14-31(15-4-1)43-47-44(32-28-26-30(27-29-32)34-21-13-25-41-42(34)37-20-9-12-24-40(37)50-41)49-45(48-43)46(33-16-5-2-6-17-33)38-22-10-7-18-35(38)36-19-8-11-23-39(36)46/h1-29H. The number of para-hydroxylation sites is 1. The first kappa shape index (κ1) is 28.4. The van der Waals surface area contributed by atoms with E-state index in [2.05, 4.69) is 140 Å². The van der Waals surface area contributed by atoms with Crippen molar-refractivity contribution in [2.75, 3.05) is 0 Å². The SMILES string of the molecule is c1ccc(-c2nc(-c3ccc(-c4cccc5oc6ccccc6c45)cc3)nc(C3(c4ccccc4)c4ccccc4-c4ccccc43)n2)cc1. The van der Waals surface area contributed by atoms with Crippen LogP contribution in [-0.4, -0.2) is 15.0 Å².